The van der Waals surface area contributed by atoms with Crippen LogP contribution >= 0.6 is 0 Å². The Balaban J connectivity index is 1.66. The second kappa shape index (κ2) is 11.5. The van der Waals surface area contributed by atoms with E-state index in [2.05, 4.69) is 0 Å². The Hall–Kier alpha value is -3.71. The molecule has 0 amide bonds. The molecule has 0 saturated carbocycles. The highest BCUT2D eigenvalue weighted by Crippen LogP contribution is 2.51. The van der Waals surface area contributed by atoms with Gasteiger partial charge in [-0.05, 0) is 24.3 Å². The number of aliphatic hydroxyl groups is 7. The lowest BCUT2D eigenvalue weighted by Crippen LogP contribution is -2.60. The van der Waals surface area contributed by atoms with E-state index in [4.69, 9.17) is 23.4 Å². The molecule has 9 atom stereocenters. The average Bonchev–Trinajstić information content (AvgIpc) is 2.97. The molecule has 0 aliphatic carbocycles. The summed E-state index contributed by atoms with van der Waals surface area (Å²) in [6.45, 7) is -1.32. The number of aromatic hydroxyl groups is 3. The molecule has 5 rings (SSSR count). The standard InChI is InChI=1S/C26H28O16/c27-6-13-16(32)18(34)20(36)26(40-13)42-24-21(37)23(41-25-19(35)15(31)11(30)7-38-25)17(33)14-10(29)5-12(39-22(14)24)8-1-3-9(28)4-2-8/h1-5,11,13,15-16,18-20,25-28,30-37H,6-7H2/t11-,13-,15-,16-,18+,19-,20+,25+,26+/m1/s1. The van der Waals surface area contributed by atoms with E-state index < -0.39 is 108 Å². The molecular formula is C26H28O16. The van der Waals surface area contributed by atoms with E-state index in [9.17, 15) is 55.9 Å². The first-order chi connectivity index (χ1) is 19.9. The van der Waals surface area contributed by atoms with Crippen LogP contribution in [0.2, 0.25) is 0 Å². The van der Waals surface area contributed by atoms with Crippen LogP contribution in [0.3, 0.4) is 0 Å². The smallest absolute Gasteiger partial charge is 0.229 e. The second-order valence-electron chi connectivity index (χ2n) is 9.76. The van der Waals surface area contributed by atoms with E-state index >= 15 is 0 Å². The van der Waals surface area contributed by atoms with Crippen molar-refractivity contribution in [3.63, 3.8) is 0 Å². The molecule has 1 aromatic heterocycles. The normalized spacial score (nSPS) is 31.6. The number of rotatable bonds is 6. The second-order valence-corrected chi connectivity index (χ2v) is 9.76. The number of benzene rings is 2. The molecule has 10 N–H and O–H groups in total. The summed E-state index contributed by atoms with van der Waals surface area (Å²) < 4.78 is 27.3. The zero-order chi connectivity index (χ0) is 30.5. The Morgan fingerprint density at radius 1 is 0.786 bits per heavy atom. The van der Waals surface area contributed by atoms with E-state index in [1.54, 1.807) is 0 Å². The fourth-order valence-electron chi connectivity index (χ4n) is 4.58. The van der Waals surface area contributed by atoms with E-state index in [-0.39, 0.29) is 17.1 Å². The van der Waals surface area contributed by atoms with Crippen LogP contribution in [0.15, 0.2) is 39.5 Å². The lowest BCUT2D eigenvalue weighted by Gasteiger charge is -2.39. The molecule has 16 heteroatoms. The Bertz CT molecular complexity index is 1490. The maximum absolute atomic E-state index is 13.3. The van der Waals surface area contributed by atoms with Gasteiger partial charge in [0.05, 0.1) is 13.2 Å². The molecule has 42 heavy (non-hydrogen) atoms. The summed E-state index contributed by atoms with van der Waals surface area (Å²) in [4.78, 5) is 13.3. The van der Waals surface area contributed by atoms with Crippen LogP contribution in [0, 0.1) is 0 Å². The van der Waals surface area contributed by atoms with Gasteiger partial charge in [-0.25, -0.2) is 0 Å². The summed E-state index contributed by atoms with van der Waals surface area (Å²) in [7, 11) is 0. The molecule has 2 aliphatic heterocycles. The fraction of sp³-hybridized carbons (Fsp3) is 0.423. The molecule has 2 aromatic carbocycles. The number of aliphatic hydroxyl groups excluding tert-OH is 7. The highest BCUT2D eigenvalue weighted by molar-refractivity contribution is 5.95. The van der Waals surface area contributed by atoms with Crippen molar-refractivity contribution in [3.05, 3.63) is 40.6 Å². The summed E-state index contributed by atoms with van der Waals surface area (Å²) in [5.41, 5.74) is -1.23. The van der Waals surface area contributed by atoms with Crippen molar-refractivity contribution >= 4 is 11.0 Å². The topological polar surface area (TPSA) is 269 Å². The molecule has 2 fully saturated rings. The molecule has 2 aliphatic rings. The maximum atomic E-state index is 13.3. The third-order valence-corrected chi connectivity index (χ3v) is 6.96. The zero-order valence-electron chi connectivity index (χ0n) is 21.4. The summed E-state index contributed by atoms with van der Waals surface area (Å²) in [6.07, 6.45) is -15.8. The predicted molar refractivity (Wildman–Crippen MR) is 136 cm³/mol. The minimum atomic E-state index is -1.97. The summed E-state index contributed by atoms with van der Waals surface area (Å²) in [5.74, 6) is -3.99. The number of ether oxygens (including phenoxy) is 4. The first kappa shape index (κ1) is 29.8. The van der Waals surface area contributed by atoms with Crippen LogP contribution in [0.4, 0.5) is 0 Å². The molecule has 0 radical (unpaired) electrons. The molecule has 3 heterocycles. The number of fused-ring (bicyclic) bond motifs is 1. The maximum Gasteiger partial charge on any atom is 0.229 e. The van der Waals surface area contributed by atoms with Crippen molar-refractivity contribution in [1.82, 2.24) is 0 Å². The molecule has 16 nitrogen and oxygen atoms in total. The third-order valence-electron chi connectivity index (χ3n) is 6.96. The highest BCUT2D eigenvalue weighted by Gasteiger charge is 2.46. The summed E-state index contributed by atoms with van der Waals surface area (Å²) in [5, 5.41) is 102. The number of phenolic OH excluding ortho intramolecular Hbond substituents is 3. The molecule has 0 bridgehead atoms. The Kier molecular flexibility index (Phi) is 8.17. The SMILES string of the molecule is O=c1cc(-c2ccc(O)cc2)oc2c(O[C@@H]3O[C@H](CO)[C@@H](O)[C@H](O)[C@@H]3O)c(O)c(O[C@@H]3OC[C@@H](O)[C@@H](O)[C@H]3O)c(O)c12. The number of hydrogen-bond acceptors (Lipinski definition) is 16. The van der Waals surface area contributed by atoms with Gasteiger partial charge in [-0.3, -0.25) is 4.79 Å². The van der Waals surface area contributed by atoms with Gasteiger partial charge in [0.25, 0.3) is 0 Å². The van der Waals surface area contributed by atoms with Crippen LogP contribution in [0.25, 0.3) is 22.3 Å². The molecule has 3 aromatic rings. The lowest BCUT2D eigenvalue weighted by molar-refractivity contribution is -0.277. The van der Waals surface area contributed by atoms with Crippen molar-refractivity contribution in [2.75, 3.05) is 13.2 Å². The quantitative estimate of drug-likeness (QED) is 0.142. The number of phenols is 3. The predicted octanol–water partition coefficient (Wildman–Crippen LogP) is -2.43. The lowest BCUT2D eigenvalue weighted by atomic mass is 9.99. The first-order valence-electron chi connectivity index (χ1n) is 12.6. The largest absolute Gasteiger partial charge is 0.508 e. The average molecular weight is 596 g/mol. The van der Waals surface area contributed by atoms with Crippen LogP contribution in [-0.4, -0.2) is 120 Å². The minimum absolute atomic E-state index is 0.0876. The van der Waals surface area contributed by atoms with Crippen LogP contribution in [0.5, 0.6) is 28.7 Å². The zero-order valence-corrected chi connectivity index (χ0v) is 21.4. The van der Waals surface area contributed by atoms with Gasteiger partial charge in [0, 0.05) is 11.6 Å². The molecule has 228 valence electrons. The van der Waals surface area contributed by atoms with Gasteiger partial charge >= 0.3 is 0 Å². The third kappa shape index (κ3) is 5.19. The Morgan fingerprint density at radius 2 is 1.43 bits per heavy atom. The Morgan fingerprint density at radius 3 is 2.10 bits per heavy atom. The monoisotopic (exact) mass is 596 g/mol. The fourth-order valence-corrected chi connectivity index (χ4v) is 4.58. The van der Waals surface area contributed by atoms with Gasteiger partial charge in [0.15, 0.2) is 16.8 Å². The van der Waals surface area contributed by atoms with Gasteiger partial charge in [0.1, 0.15) is 59.6 Å². The molecular weight excluding hydrogens is 568 g/mol. The highest BCUT2D eigenvalue weighted by atomic mass is 16.7. The van der Waals surface area contributed by atoms with Gasteiger partial charge < -0.3 is 74.4 Å². The number of hydrogen-bond donors (Lipinski definition) is 10. The van der Waals surface area contributed by atoms with Crippen molar-refractivity contribution in [1.29, 1.82) is 0 Å². The van der Waals surface area contributed by atoms with E-state index in [1.165, 1.54) is 24.3 Å². The Labute approximate surface area is 235 Å². The van der Waals surface area contributed by atoms with Gasteiger partial charge in [-0.1, -0.05) is 0 Å². The van der Waals surface area contributed by atoms with Crippen molar-refractivity contribution in [2.45, 2.75) is 55.3 Å². The van der Waals surface area contributed by atoms with Crippen LogP contribution in [-0.2, 0) is 9.47 Å². The molecule has 0 spiro atoms. The van der Waals surface area contributed by atoms with Crippen molar-refractivity contribution < 1.29 is 74.4 Å². The van der Waals surface area contributed by atoms with Crippen LogP contribution in [0.1, 0.15) is 0 Å². The molecule has 2 saturated heterocycles. The van der Waals surface area contributed by atoms with Gasteiger partial charge in [0.2, 0.25) is 29.8 Å². The van der Waals surface area contributed by atoms with Gasteiger partial charge in [-0.15, -0.1) is 0 Å². The summed E-state index contributed by atoms with van der Waals surface area (Å²) in [6, 6.07) is 6.38. The van der Waals surface area contributed by atoms with Crippen molar-refractivity contribution in [2.24, 2.45) is 0 Å². The minimum Gasteiger partial charge on any atom is -0.508 e. The van der Waals surface area contributed by atoms with E-state index in [0.717, 1.165) is 6.07 Å². The first-order valence-corrected chi connectivity index (χ1v) is 12.6. The van der Waals surface area contributed by atoms with E-state index in [0.29, 0.717) is 0 Å². The molecule has 0 unspecified atom stereocenters. The van der Waals surface area contributed by atoms with Crippen molar-refractivity contribution in [3.8, 4) is 40.1 Å². The van der Waals surface area contributed by atoms with Gasteiger partial charge in [-0.2, -0.15) is 0 Å². The van der Waals surface area contributed by atoms with E-state index in [1.807, 2.05) is 0 Å². The van der Waals surface area contributed by atoms with Crippen LogP contribution < -0.4 is 14.9 Å². The summed E-state index contributed by atoms with van der Waals surface area (Å²) >= 11 is 0.